The molecule has 2 aromatic carbocycles. The first-order valence-corrected chi connectivity index (χ1v) is 10.4. The number of fused-ring (bicyclic) bond motifs is 1. The number of nitrogens with zero attached hydrogens (tertiary/aromatic N) is 3. The van der Waals surface area contributed by atoms with Gasteiger partial charge < -0.3 is 10.1 Å². The fraction of sp³-hybridized carbons (Fsp3) is 0.150. The molecular weight excluding hydrogens is 426 g/mol. The summed E-state index contributed by atoms with van der Waals surface area (Å²) in [6.45, 7) is 0. The smallest absolute Gasteiger partial charge is 0.276 e. The van der Waals surface area contributed by atoms with Crippen molar-refractivity contribution in [2.75, 3.05) is 23.1 Å². The van der Waals surface area contributed by atoms with Gasteiger partial charge in [0.25, 0.3) is 5.91 Å². The molecule has 0 spiro atoms. The molecule has 154 valence electrons. The van der Waals surface area contributed by atoms with Gasteiger partial charge in [0.2, 0.25) is 12.1 Å². The first kappa shape index (κ1) is 20.1. The number of nitrogens with one attached hydrogen (secondary N) is 2. The number of hydrogen-bond donors (Lipinski definition) is 2. The van der Waals surface area contributed by atoms with Crippen LogP contribution in [0.25, 0.3) is 0 Å². The largest absolute Gasteiger partial charge is 0.495 e. The third kappa shape index (κ3) is 4.07. The number of amidine groups is 1. The summed E-state index contributed by atoms with van der Waals surface area (Å²) in [4.78, 5) is 28.5. The zero-order valence-electron chi connectivity index (χ0n) is 15.9. The van der Waals surface area contributed by atoms with Crippen molar-refractivity contribution in [1.82, 2.24) is 10.3 Å². The van der Waals surface area contributed by atoms with Crippen LogP contribution in [0.1, 0.15) is 0 Å². The molecule has 0 aliphatic carbocycles. The van der Waals surface area contributed by atoms with Gasteiger partial charge in [-0.1, -0.05) is 41.6 Å². The van der Waals surface area contributed by atoms with Crippen LogP contribution in [0.4, 0.5) is 11.4 Å². The third-order valence-electron chi connectivity index (χ3n) is 4.43. The number of ether oxygens (including phenoxy) is 1. The zero-order valence-corrected chi connectivity index (χ0v) is 17.5. The lowest BCUT2D eigenvalue weighted by Gasteiger charge is -2.31. The average Bonchev–Trinajstić information content (AvgIpc) is 3.17. The molecule has 0 saturated carbocycles. The van der Waals surface area contributed by atoms with Gasteiger partial charge in [0.15, 0.2) is 5.17 Å². The van der Waals surface area contributed by atoms with Gasteiger partial charge in [0.1, 0.15) is 5.75 Å². The Balaban J connectivity index is 1.38. The molecule has 10 heteroatoms. The summed E-state index contributed by atoms with van der Waals surface area (Å²) in [6, 6.07) is 14.3. The molecule has 0 fully saturated rings. The first-order chi connectivity index (χ1) is 14.6. The topological polar surface area (TPSA) is 86.3 Å². The number of amides is 2. The van der Waals surface area contributed by atoms with Gasteiger partial charge in [-0.15, -0.1) is 0 Å². The van der Waals surface area contributed by atoms with E-state index in [1.54, 1.807) is 40.4 Å². The van der Waals surface area contributed by atoms with Crippen LogP contribution >= 0.6 is 23.4 Å². The summed E-state index contributed by atoms with van der Waals surface area (Å²) >= 11 is 7.21. The monoisotopic (exact) mass is 443 g/mol. The molecule has 1 unspecified atom stereocenters. The lowest BCUT2D eigenvalue weighted by molar-refractivity contribution is -0.122. The van der Waals surface area contributed by atoms with Crippen molar-refractivity contribution in [2.24, 2.45) is 5.10 Å². The van der Waals surface area contributed by atoms with E-state index in [4.69, 9.17) is 16.3 Å². The Labute approximate surface area is 182 Å². The fourth-order valence-electron chi connectivity index (χ4n) is 3.02. The van der Waals surface area contributed by atoms with E-state index >= 15 is 0 Å². The molecule has 0 bridgehead atoms. The number of rotatable bonds is 5. The molecule has 2 amide bonds. The van der Waals surface area contributed by atoms with Gasteiger partial charge in [0.05, 0.1) is 18.6 Å². The van der Waals surface area contributed by atoms with Crippen molar-refractivity contribution < 1.29 is 14.3 Å². The lowest BCUT2D eigenvalue weighted by Crippen LogP contribution is -2.52. The second-order valence-electron chi connectivity index (χ2n) is 6.36. The molecule has 1 atom stereocenters. The fourth-order valence-corrected chi connectivity index (χ4v) is 3.95. The van der Waals surface area contributed by atoms with E-state index in [1.807, 2.05) is 30.3 Å². The predicted molar refractivity (Wildman–Crippen MR) is 118 cm³/mol. The molecule has 4 rings (SSSR count). The highest BCUT2D eigenvalue weighted by molar-refractivity contribution is 8.14. The number of hydrogen-bond acceptors (Lipinski definition) is 7. The van der Waals surface area contributed by atoms with Gasteiger partial charge in [-0.3, -0.25) is 24.8 Å². The van der Waals surface area contributed by atoms with Gasteiger partial charge in [0, 0.05) is 23.1 Å². The van der Waals surface area contributed by atoms with Gasteiger partial charge in [-0.25, -0.2) is 0 Å². The maximum atomic E-state index is 12.8. The molecule has 2 N–H and O–H groups in total. The Hall–Kier alpha value is -3.17. The highest BCUT2D eigenvalue weighted by atomic mass is 35.5. The Kier molecular flexibility index (Phi) is 5.82. The number of carbonyl (C=O) groups excluding carboxylic acids is 2. The summed E-state index contributed by atoms with van der Waals surface area (Å²) < 4.78 is 5.23. The quantitative estimate of drug-likeness (QED) is 0.738. The molecule has 0 saturated heterocycles. The van der Waals surface area contributed by atoms with E-state index in [9.17, 15) is 9.59 Å². The highest BCUT2D eigenvalue weighted by Crippen LogP contribution is 2.29. The average molecular weight is 444 g/mol. The van der Waals surface area contributed by atoms with E-state index in [0.717, 1.165) is 5.69 Å². The van der Waals surface area contributed by atoms with Crippen molar-refractivity contribution in [1.29, 1.82) is 0 Å². The Morgan fingerprint density at radius 2 is 2.07 bits per heavy atom. The standard InChI is InChI=1S/C20H18ClN5O3S/c1-29-16-8-7-13(21)11-15(16)22-17(27)12-30-20-24-23-18-19(28)25(9-10-26(18)20)14-5-3-2-4-6-14/h2-11,18,23H,12H2,1H3,(H,22,27). The van der Waals surface area contributed by atoms with E-state index in [-0.39, 0.29) is 17.6 Å². The van der Waals surface area contributed by atoms with Crippen LogP contribution in [0.3, 0.4) is 0 Å². The summed E-state index contributed by atoms with van der Waals surface area (Å²) in [5.41, 5.74) is 4.11. The predicted octanol–water partition coefficient (Wildman–Crippen LogP) is 3.04. The molecule has 2 heterocycles. The highest BCUT2D eigenvalue weighted by Gasteiger charge is 2.38. The lowest BCUT2D eigenvalue weighted by atomic mass is 10.2. The van der Waals surface area contributed by atoms with E-state index in [2.05, 4.69) is 15.8 Å². The van der Waals surface area contributed by atoms with Crippen molar-refractivity contribution in [2.45, 2.75) is 6.17 Å². The molecule has 0 radical (unpaired) electrons. The number of benzene rings is 2. The summed E-state index contributed by atoms with van der Waals surface area (Å²) in [7, 11) is 1.52. The molecule has 30 heavy (non-hydrogen) atoms. The molecule has 0 aromatic heterocycles. The summed E-state index contributed by atoms with van der Waals surface area (Å²) in [5.74, 6) is 0.216. The minimum atomic E-state index is -0.645. The maximum Gasteiger partial charge on any atom is 0.276 e. The van der Waals surface area contributed by atoms with Gasteiger partial charge in [-0.05, 0) is 30.3 Å². The van der Waals surface area contributed by atoms with Crippen molar-refractivity contribution in [3.05, 3.63) is 66.0 Å². The van der Waals surface area contributed by atoms with Crippen LogP contribution in [-0.4, -0.2) is 40.9 Å². The van der Waals surface area contributed by atoms with Crippen LogP contribution < -0.4 is 20.4 Å². The van der Waals surface area contributed by atoms with Gasteiger partial charge in [-0.2, -0.15) is 5.10 Å². The second-order valence-corrected chi connectivity index (χ2v) is 7.74. The Bertz CT molecular complexity index is 1030. The summed E-state index contributed by atoms with van der Waals surface area (Å²) in [5, 5.41) is 8.02. The molecule has 2 aliphatic rings. The molecule has 8 nitrogen and oxygen atoms in total. The van der Waals surface area contributed by atoms with E-state index < -0.39 is 6.17 Å². The first-order valence-electron chi connectivity index (χ1n) is 9.01. The van der Waals surface area contributed by atoms with E-state index in [0.29, 0.717) is 21.6 Å². The molecule has 2 aromatic rings. The number of methoxy groups -OCH3 is 1. The van der Waals surface area contributed by atoms with Crippen LogP contribution in [0, 0.1) is 0 Å². The number of para-hydroxylation sites is 1. The Morgan fingerprint density at radius 3 is 2.83 bits per heavy atom. The number of thioether (sulfide) groups is 1. The van der Waals surface area contributed by atoms with Crippen LogP contribution in [0.5, 0.6) is 5.75 Å². The third-order valence-corrected chi connectivity index (χ3v) is 5.63. The summed E-state index contributed by atoms with van der Waals surface area (Å²) in [6.07, 6.45) is 2.81. The van der Waals surface area contributed by atoms with Crippen LogP contribution in [-0.2, 0) is 9.59 Å². The number of halogens is 1. The molecular formula is C20H18ClN5O3S. The van der Waals surface area contributed by atoms with E-state index in [1.165, 1.54) is 18.9 Å². The normalized spacial score (nSPS) is 17.3. The zero-order chi connectivity index (χ0) is 21.1. The van der Waals surface area contributed by atoms with Crippen LogP contribution in [0.15, 0.2) is 66.0 Å². The SMILES string of the molecule is COc1ccc(Cl)cc1NC(=O)CSC1=NNC2C(=O)N(c3ccccc3)C=CN12. The van der Waals surface area contributed by atoms with Crippen molar-refractivity contribution in [3.8, 4) is 5.75 Å². The minimum absolute atomic E-state index is 0.101. The maximum absolute atomic E-state index is 12.8. The van der Waals surface area contributed by atoms with Crippen LogP contribution in [0.2, 0.25) is 5.02 Å². The molecule has 2 aliphatic heterocycles. The number of carbonyl (C=O) groups is 2. The Morgan fingerprint density at radius 1 is 1.27 bits per heavy atom. The van der Waals surface area contributed by atoms with Crippen molar-refractivity contribution in [3.63, 3.8) is 0 Å². The number of anilines is 2. The van der Waals surface area contributed by atoms with Gasteiger partial charge >= 0.3 is 0 Å². The minimum Gasteiger partial charge on any atom is -0.495 e. The number of hydrazone groups is 1. The second kappa shape index (κ2) is 8.68. The van der Waals surface area contributed by atoms with Crippen molar-refractivity contribution >= 4 is 51.7 Å².